The van der Waals surface area contributed by atoms with Gasteiger partial charge in [0.05, 0.1) is 0 Å². The van der Waals surface area contributed by atoms with Gasteiger partial charge >= 0.3 is 0 Å². The molecule has 0 aromatic heterocycles. The van der Waals surface area contributed by atoms with Crippen LogP contribution in [0.3, 0.4) is 0 Å². The fourth-order valence-electron chi connectivity index (χ4n) is 3.26. The molecular weight excluding hydrogens is 399 g/mol. The van der Waals surface area contributed by atoms with E-state index >= 15 is 0 Å². The molecule has 3 aromatic rings. The van der Waals surface area contributed by atoms with Crippen LogP contribution >= 0.6 is 0 Å². The van der Waals surface area contributed by atoms with Crippen molar-refractivity contribution in [3.63, 3.8) is 0 Å². The second kappa shape index (κ2) is 9.30. The minimum Gasteiger partial charge on any atom is -0.484 e. The number of rotatable bonds is 6. The molecule has 6 nitrogen and oxygen atoms in total. The largest absolute Gasteiger partial charge is 0.484 e. The molecule has 4 rings (SSSR count). The van der Waals surface area contributed by atoms with Crippen LogP contribution in [-0.2, 0) is 22.7 Å². The van der Waals surface area contributed by atoms with Crippen LogP contribution in [0.1, 0.15) is 11.1 Å². The Morgan fingerprint density at radius 1 is 1.06 bits per heavy atom. The number of ether oxygens (including phenoxy) is 2. The lowest BCUT2D eigenvalue weighted by atomic mass is 10.1. The molecule has 0 fully saturated rings. The van der Waals surface area contributed by atoms with E-state index in [0.29, 0.717) is 30.3 Å². The Labute approximate surface area is 179 Å². The highest BCUT2D eigenvalue weighted by atomic mass is 19.1. The molecule has 2 amide bonds. The maximum Gasteiger partial charge on any atom is 0.262 e. The van der Waals surface area contributed by atoms with Gasteiger partial charge in [-0.1, -0.05) is 30.3 Å². The van der Waals surface area contributed by atoms with Gasteiger partial charge in [-0.2, -0.15) is 0 Å². The van der Waals surface area contributed by atoms with Crippen LogP contribution < -0.4 is 14.8 Å². The monoisotopic (exact) mass is 420 g/mol. The van der Waals surface area contributed by atoms with Crippen molar-refractivity contribution >= 4 is 17.5 Å². The van der Waals surface area contributed by atoms with Gasteiger partial charge in [0.2, 0.25) is 0 Å². The third-order valence-corrected chi connectivity index (χ3v) is 4.81. The Morgan fingerprint density at radius 3 is 2.61 bits per heavy atom. The molecule has 0 bridgehead atoms. The van der Waals surface area contributed by atoms with Crippen molar-refractivity contribution in [1.82, 2.24) is 4.90 Å². The van der Waals surface area contributed by atoms with Crippen molar-refractivity contribution in [1.29, 1.82) is 0 Å². The van der Waals surface area contributed by atoms with Gasteiger partial charge in [0.1, 0.15) is 17.3 Å². The van der Waals surface area contributed by atoms with Crippen molar-refractivity contribution in [2.45, 2.75) is 13.1 Å². The van der Waals surface area contributed by atoms with Gasteiger partial charge in [0.25, 0.3) is 11.8 Å². The molecule has 0 saturated heterocycles. The molecule has 1 aliphatic heterocycles. The molecule has 1 N–H and O–H groups in total. The molecule has 31 heavy (non-hydrogen) atoms. The summed E-state index contributed by atoms with van der Waals surface area (Å²) in [4.78, 5) is 26.4. The Balaban J connectivity index is 1.42. The van der Waals surface area contributed by atoms with Crippen molar-refractivity contribution in [3.05, 3.63) is 89.7 Å². The van der Waals surface area contributed by atoms with Gasteiger partial charge in [-0.05, 0) is 48.0 Å². The first kappa shape index (κ1) is 20.4. The number of amides is 2. The van der Waals surface area contributed by atoms with E-state index in [2.05, 4.69) is 5.32 Å². The summed E-state index contributed by atoms with van der Waals surface area (Å²) in [6, 6.07) is 20.4. The summed E-state index contributed by atoms with van der Waals surface area (Å²) in [6.45, 7) is 0.455. The second-order valence-electron chi connectivity index (χ2n) is 7.14. The minimum absolute atomic E-state index is 0.0786. The van der Waals surface area contributed by atoms with Crippen molar-refractivity contribution in [2.75, 3.05) is 18.5 Å². The average molecular weight is 420 g/mol. The zero-order valence-corrected chi connectivity index (χ0v) is 16.7. The molecule has 1 aliphatic rings. The van der Waals surface area contributed by atoms with E-state index in [1.165, 1.54) is 12.1 Å². The van der Waals surface area contributed by atoms with Gasteiger partial charge in [-0.3, -0.25) is 9.59 Å². The van der Waals surface area contributed by atoms with E-state index in [0.717, 1.165) is 11.1 Å². The number of carbonyl (C=O) groups excluding carboxylic acids is 2. The first-order valence-electron chi connectivity index (χ1n) is 9.82. The third kappa shape index (κ3) is 5.39. The molecule has 7 heteroatoms. The first-order chi connectivity index (χ1) is 15.1. The van der Waals surface area contributed by atoms with Crippen LogP contribution in [0.15, 0.2) is 72.8 Å². The maximum absolute atomic E-state index is 13.2. The standard InChI is InChI=1S/C24H21FN2O4/c25-19-8-6-17(7-9-19)13-27-14-18-12-20(10-11-22(18)31-16-24(27)29)26-23(28)15-30-21-4-2-1-3-5-21/h1-12H,13-16H2,(H,26,28). The third-order valence-electron chi connectivity index (χ3n) is 4.81. The number of carbonyl (C=O) groups is 2. The predicted octanol–water partition coefficient (Wildman–Crippen LogP) is 3.76. The number of anilines is 1. The fourth-order valence-corrected chi connectivity index (χ4v) is 3.26. The van der Waals surface area contributed by atoms with E-state index in [1.807, 2.05) is 18.2 Å². The molecule has 0 radical (unpaired) electrons. The predicted molar refractivity (Wildman–Crippen MR) is 113 cm³/mol. The molecule has 3 aromatic carbocycles. The Bertz CT molecular complexity index is 1070. The van der Waals surface area contributed by atoms with Crippen LogP contribution in [0.5, 0.6) is 11.5 Å². The normalized spacial score (nSPS) is 13.1. The van der Waals surface area contributed by atoms with Gasteiger partial charge in [0.15, 0.2) is 13.2 Å². The topological polar surface area (TPSA) is 67.9 Å². The number of hydrogen-bond acceptors (Lipinski definition) is 4. The van der Waals surface area contributed by atoms with Gasteiger partial charge < -0.3 is 19.7 Å². The molecule has 0 aliphatic carbocycles. The number of para-hydroxylation sites is 1. The van der Waals surface area contributed by atoms with Gasteiger partial charge in [-0.25, -0.2) is 4.39 Å². The fraction of sp³-hybridized carbons (Fsp3) is 0.167. The second-order valence-corrected chi connectivity index (χ2v) is 7.14. The summed E-state index contributed by atoms with van der Waals surface area (Å²) in [5, 5.41) is 2.80. The zero-order chi connectivity index (χ0) is 21.6. The Hall–Kier alpha value is -3.87. The first-order valence-corrected chi connectivity index (χ1v) is 9.82. The molecule has 0 saturated carbocycles. The summed E-state index contributed by atoms with van der Waals surface area (Å²) < 4.78 is 24.2. The summed E-state index contributed by atoms with van der Waals surface area (Å²) in [5.41, 5.74) is 2.18. The van der Waals surface area contributed by atoms with E-state index < -0.39 is 0 Å². The number of nitrogens with one attached hydrogen (secondary N) is 1. The van der Waals surface area contributed by atoms with Crippen molar-refractivity contribution < 1.29 is 23.5 Å². The summed E-state index contributed by atoms with van der Waals surface area (Å²) in [5.74, 6) is 0.424. The summed E-state index contributed by atoms with van der Waals surface area (Å²) in [7, 11) is 0. The molecule has 158 valence electrons. The van der Waals surface area contributed by atoms with Crippen LogP contribution in [0.2, 0.25) is 0 Å². The number of halogens is 1. The van der Waals surface area contributed by atoms with E-state index in [1.54, 1.807) is 47.4 Å². The highest BCUT2D eigenvalue weighted by molar-refractivity contribution is 5.92. The van der Waals surface area contributed by atoms with Crippen molar-refractivity contribution in [2.24, 2.45) is 0 Å². The number of benzene rings is 3. The SMILES string of the molecule is O=C(COc1ccccc1)Nc1ccc2c(c1)CN(Cc1ccc(F)cc1)C(=O)CO2. The summed E-state index contributed by atoms with van der Waals surface area (Å²) in [6.07, 6.45) is 0. The number of nitrogens with zero attached hydrogens (tertiary/aromatic N) is 1. The molecule has 1 heterocycles. The minimum atomic E-state index is -0.323. The lowest BCUT2D eigenvalue weighted by Crippen LogP contribution is -2.31. The molecular formula is C24H21FN2O4. The van der Waals surface area contributed by atoms with E-state index in [9.17, 15) is 14.0 Å². The summed E-state index contributed by atoms with van der Waals surface area (Å²) >= 11 is 0. The van der Waals surface area contributed by atoms with E-state index in [4.69, 9.17) is 9.47 Å². The highest BCUT2D eigenvalue weighted by Crippen LogP contribution is 2.27. The van der Waals surface area contributed by atoms with Crippen LogP contribution in [0.4, 0.5) is 10.1 Å². The maximum atomic E-state index is 13.2. The number of fused-ring (bicyclic) bond motifs is 1. The van der Waals surface area contributed by atoms with Crippen LogP contribution in [0, 0.1) is 5.82 Å². The highest BCUT2D eigenvalue weighted by Gasteiger charge is 2.22. The molecule has 0 atom stereocenters. The van der Waals surface area contributed by atoms with E-state index in [-0.39, 0.29) is 30.8 Å². The van der Waals surface area contributed by atoms with Crippen molar-refractivity contribution in [3.8, 4) is 11.5 Å². The van der Waals surface area contributed by atoms with Gasteiger partial charge in [-0.15, -0.1) is 0 Å². The Kier molecular flexibility index (Phi) is 6.12. The zero-order valence-electron chi connectivity index (χ0n) is 16.7. The Morgan fingerprint density at radius 2 is 1.84 bits per heavy atom. The molecule has 0 unspecified atom stereocenters. The van der Waals surface area contributed by atoms with Crippen LogP contribution in [-0.4, -0.2) is 29.9 Å². The average Bonchev–Trinajstić information content (AvgIpc) is 2.93. The van der Waals surface area contributed by atoms with Crippen LogP contribution in [0.25, 0.3) is 0 Å². The smallest absolute Gasteiger partial charge is 0.262 e. The number of hydrogen-bond donors (Lipinski definition) is 1. The lowest BCUT2D eigenvalue weighted by molar-refractivity contribution is -0.133. The van der Waals surface area contributed by atoms with Gasteiger partial charge in [0, 0.05) is 24.3 Å². The molecule has 0 spiro atoms. The quantitative estimate of drug-likeness (QED) is 0.659. The lowest BCUT2D eigenvalue weighted by Gasteiger charge is -2.20.